The summed E-state index contributed by atoms with van der Waals surface area (Å²) in [4.78, 5) is 13.1. The normalized spacial score (nSPS) is 20.5. The van der Waals surface area contributed by atoms with Crippen molar-refractivity contribution in [3.05, 3.63) is 28.1 Å². The van der Waals surface area contributed by atoms with Gasteiger partial charge in [0.15, 0.2) is 0 Å². The molecule has 0 atom stereocenters. The van der Waals surface area contributed by atoms with Crippen LogP contribution in [0.15, 0.2) is 12.1 Å². The lowest BCUT2D eigenvalue weighted by molar-refractivity contribution is -0.386. The Hall–Kier alpha value is -1.93. The van der Waals surface area contributed by atoms with Crippen molar-refractivity contribution in [2.45, 2.75) is 37.6 Å². The zero-order valence-electron chi connectivity index (χ0n) is 15.1. The molecule has 26 heavy (non-hydrogen) atoms. The quantitative estimate of drug-likeness (QED) is 0.615. The average molecular weight is 367 g/mol. The number of nitro benzene ring substituents is 1. The molecule has 3 rings (SSSR count). The van der Waals surface area contributed by atoms with Gasteiger partial charge in [0.05, 0.1) is 12.0 Å². The Morgan fingerprint density at radius 1 is 1.31 bits per heavy atom. The fraction of sp³-hybridized carbons (Fsp3) is 0.667. The second-order valence-corrected chi connectivity index (χ2v) is 7.00. The molecule has 2 aliphatic heterocycles. The lowest BCUT2D eigenvalue weighted by Crippen LogP contribution is -2.57. The highest BCUT2D eigenvalue weighted by molar-refractivity contribution is 5.65. The van der Waals surface area contributed by atoms with Crippen LogP contribution in [0.2, 0.25) is 0 Å². The minimum atomic E-state index is -0.893. The number of nitro groups is 1. The van der Waals surface area contributed by atoms with Crippen LogP contribution in [0.4, 0.5) is 15.8 Å². The van der Waals surface area contributed by atoms with Crippen LogP contribution >= 0.6 is 0 Å². The number of anilines is 1. The zero-order valence-corrected chi connectivity index (χ0v) is 15.1. The number of rotatable bonds is 6. The highest BCUT2D eigenvalue weighted by Gasteiger charge is 2.39. The lowest BCUT2D eigenvalue weighted by atomic mass is 9.86. The van der Waals surface area contributed by atoms with Gasteiger partial charge < -0.3 is 14.8 Å². The Morgan fingerprint density at radius 3 is 2.62 bits per heavy atom. The molecule has 0 amide bonds. The van der Waals surface area contributed by atoms with Gasteiger partial charge in [0.25, 0.3) is 0 Å². The first-order valence-electron chi connectivity index (χ1n) is 9.14. The van der Waals surface area contributed by atoms with Gasteiger partial charge in [0.1, 0.15) is 11.4 Å². The number of piperidine rings is 1. The third kappa shape index (κ3) is 3.91. The topological polar surface area (TPSA) is 76.9 Å². The number of nitrogens with one attached hydrogen (secondary N) is 1. The number of halogens is 1. The van der Waals surface area contributed by atoms with Gasteiger partial charge in [-0.25, -0.2) is 0 Å². The summed E-state index contributed by atoms with van der Waals surface area (Å²) in [5, 5.41) is 14.5. The van der Waals surface area contributed by atoms with Crippen molar-refractivity contribution < 1.29 is 18.8 Å². The molecule has 144 valence electrons. The summed E-state index contributed by atoms with van der Waals surface area (Å²) < 4.78 is 24.8. The number of likely N-dealkylation sites (tertiary alicyclic amines) is 1. The van der Waals surface area contributed by atoms with Crippen molar-refractivity contribution in [3.63, 3.8) is 0 Å². The van der Waals surface area contributed by atoms with E-state index in [1.165, 1.54) is 19.6 Å². The van der Waals surface area contributed by atoms with Crippen LogP contribution in [-0.4, -0.2) is 55.3 Å². The SMILES string of the molecule is COc1cc(F)c([N+](=O)[O-])c(NCC2(N3CCCCC3)CCOCC2)c1. The number of hydrogen-bond acceptors (Lipinski definition) is 6. The Kier molecular flexibility index (Phi) is 5.93. The van der Waals surface area contributed by atoms with Crippen LogP contribution in [0.1, 0.15) is 32.1 Å². The zero-order chi connectivity index (χ0) is 18.6. The van der Waals surface area contributed by atoms with Gasteiger partial charge in [0.2, 0.25) is 5.82 Å². The minimum absolute atomic E-state index is 0.119. The van der Waals surface area contributed by atoms with Crippen LogP contribution in [0.5, 0.6) is 5.75 Å². The van der Waals surface area contributed by atoms with Crippen LogP contribution in [-0.2, 0) is 4.74 Å². The molecule has 2 aliphatic rings. The first kappa shape index (κ1) is 18.8. The predicted octanol–water partition coefficient (Wildman–Crippen LogP) is 3.19. The third-order valence-corrected chi connectivity index (χ3v) is 5.51. The summed E-state index contributed by atoms with van der Waals surface area (Å²) in [6.07, 6.45) is 5.29. The van der Waals surface area contributed by atoms with Gasteiger partial charge in [-0.2, -0.15) is 4.39 Å². The van der Waals surface area contributed by atoms with Gasteiger partial charge in [-0.05, 0) is 38.8 Å². The highest BCUT2D eigenvalue weighted by Crippen LogP contribution is 2.35. The van der Waals surface area contributed by atoms with E-state index in [0.717, 1.165) is 44.8 Å². The minimum Gasteiger partial charge on any atom is -0.497 e. The molecule has 1 aromatic carbocycles. The van der Waals surface area contributed by atoms with E-state index in [-0.39, 0.29) is 17.0 Å². The second-order valence-electron chi connectivity index (χ2n) is 7.00. The van der Waals surface area contributed by atoms with Crippen LogP contribution in [0.3, 0.4) is 0 Å². The van der Waals surface area contributed by atoms with Gasteiger partial charge in [-0.1, -0.05) is 6.42 Å². The van der Waals surface area contributed by atoms with Crippen molar-refractivity contribution in [2.24, 2.45) is 0 Å². The van der Waals surface area contributed by atoms with Crippen molar-refractivity contribution in [1.82, 2.24) is 4.90 Å². The molecule has 0 saturated carbocycles. The number of methoxy groups -OCH3 is 1. The molecule has 1 aromatic rings. The van der Waals surface area contributed by atoms with Crippen molar-refractivity contribution in [3.8, 4) is 5.75 Å². The third-order valence-electron chi connectivity index (χ3n) is 5.51. The van der Waals surface area contributed by atoms with Crippen LogP contribution in [0, 0.1) is 15.9 Å². The first-order chi connectivity index (χ1) is 12.6. The van der Waals surface area contributed by atoms with E-state index >= 15 is 0 Å². The number of nitrogens with zero attached hydrogens (tertiary/aromatic N) is 2. The molecular formula is C18H26FN3O4. The Morgan fingerprint density at radius 2 is 2.00 bits per heavy atom. The summed E-state index contributed by atoms with van der Waals surface area (Å²) in [6, 6.07) is 2.53. The standard InChI is InChI=1S/C18H26FN3O4/c1-25-14-11-15(19)17(22(23)24)16(12-14)20-13-18(5-9-26-10-6-18)21-7-3-2-4-8-21/h11-12,20H,2-10,13H2,1H3. The first-order valence-corrected chi connectivity index (χ1v) is 9.14. The van der Waals surface area contributed by atoms with Crippen LogP contribution < -0.4 is 10.1 Å². The molecule has 0 radical (unpaired) electrons. The van der Waals surface area contributed by atoms with E-state index in [1.807, 2.05) is 0 Å². The monoisotopic (exact) mass is 367 g/mol. The number of hydrogen-bond donors (Lipinski definition) is 1. The fourth-order valence-corrected chi connectivity index (χ4v) is 4.00. The summed E-state index contributed by atoms with van der Waals surface area (Å²) in [5.74, 6) is -0.634. The Bertz CT molecular complexity index is 644. The van der Waals surface area contributed by atoms with E-state index in [0.29, 0.717) is 19.8 Å². The fourth-order valence-electron chi connectivity index (χ4n) is 4.00. The Labute approximate surface area is 152 Å². The predicted molar refractivity (Wildman–Crippen MR) is 96.3 cm³/mol. The summed E-state index contributed by atoms with van der Waals surface area (Å²) >= 11 is 0. The molecule has 7 nitrogen and oxygen atoms in total. The largest absolute Gasteiger partial charge is 0.497 e. The molecule has 0 aromatic heterocycles. The molecule has 1 N–H and O–H groups in total. The van der Waals surface area contributed by atoms with Gasteiger partial charge >= 0.3 is 5.69 Å². The van der Waals surface area contributed by atoms with Gasteiger partial charge in [-0.3, -0.25) is 15.0 Å². The highest BCUT2D eigenvalue weighted by atomic mass is 19.1. The maximum Gasteiger partial charge on any atom is 0.327 e. The molecule has 2 saturated heterocycles. The van der Waals surface area contributed by atoms with E-state index in [4.69, 9.17) is 9.47 Å². The molecule has 0 spiro atoms. The maximum absolute atomic E-state index is 14.2. The van der Waals surface area contributed by atoms with E-state index in [1.54, 1.807) is 0 Å². The summed E-state index contributed by atoms with van der Waals surface area (Å²) in [5.41, 5.74) is -0.493. The molecule has 0 unspecified atom stereocenters. The summed E-state index contributed by atoms with van der Waals surface area (Å²) in [6.45, 7) is 3.91. The van der Waals surface area contributed by atoms with E-state index in [9.17, 15) is 14.5 Å². The van der Waals surface area contributed by atoms with E-state index < -0.39 is 16.4 Å². The Balaban J connectivity index is 1.84. The van der Waals surface area contributed by atoms with Crippen molar-refractivity contribution in [1.29, 1.82) is 0 Å². The maximum atomic E-state index is 14.2. The van der Waals surface area contributed by atoms with Crippen LogP contribution in [0.25, 0.3) is 0 Å². The number of benzene rings is 1. The van der Waals surface area contributed by atoms with Gasteiger partial charge in [0, 0.05) is 37.4 Å². The molecular weight excluding hydrogens is 341 g/mol. The molecule has 8 heteroatoms. The van der Waals surface area contributed by atoms with E-state index in [2.05, 4.69) is 10.2 Å². The van der Waals surface area contributed by atoms with Gasteiger partial charge in [-0.15, -0.1) is 0 Å². The summed E-state index contributed by atoms with van der Waals surface area (Å²) in [7, 11) is 1.41. The molecule has 2 fully saturated rings. The second kappa shape index (κ2) is 8.18. The molecule has 0 bridgehead atoms. The molecule has 0 aliphatic carbocycles. The van der Waals surface area contributed by atoms with Crippen molar-refractivity contribution >= 4 is 11.4 Å². The average Bonchev–Trinajstić information content (AvgIpc) is 2.67. The lowest BCUT2D eigenvalue weighted by Gasteiger charge is -2.48. The smallest absolute Gasteiger partial charge is 0.327 e. The van der Waals surface area contributed by atoms with Crippen molar-refractivity contribution in [2.75, 3.05) is 45.3 Å². The molecule has 2 heterocycles. The number of ether oxygens (including phenoxy) is 2.